The van der Waals surface area contributed by atoms with Gasteiger partial charge in [-0.05, 0) is 43.1 Å². The Kier molecular flexibility index (Phi) is 4.71. The molecule has 0 radical (unpaired) electrons. The minimum Gasteiger partial charge on any atom is -0.477 e. The van der Waals surface area contributed by atoms with Crippen molar-refractivity contribution in [2.45, 2.75) is 44.8 Å². The molecule has 1 saturated carbocycles. The van der Waals surface area contributed by atoms with E-state index >= 15 is 0 Å². The molecule has 124 valence electrons. The van der Waals surface area contributed by atoms with Crippen LogP contribution in [0.1, 0.15) is 32.6 Å². The molecule has 1 aromatic carbocycles. The molecule has 3 N–H and O–H groups in total. The zero-order chi connectivity index (χ0) is 16.4. The van der Waals surface area contributed by atoms with Crippen LogP contribution in [0.5, 0.6) is 5.75 Å². The third-order valence-corrected chi connectivity index (χ3v) is 5.09. The number of nitrogens with one attached hydrogen (secondary N) is 1. The average Bonchev–Trinajstić information content (AvgIpc) is 2.55. The summed E-state index contributed by atoms with van der Waals surface area (Å²) in [5, 5.41) is 4.13. The number of ether oxygens (including phenoxy) is 1. The Morgan fingerprint density at radius 3 is 2.83 bits per heavy atom. The highest BCUT2D eigenvalue weighted by Gasteiger charge is 2.32. The summed E-state index contributed by atoms with van der Waals surface area (Å²) in [6.07, 6.45) is 4.19. The molecule has 3 rings (SSSR count). The second-order valence-electron chi connectivity index (χ2n) is 6.40. The van der Waals surface area contributed by atoms with Crippen LogP contribution in [-0.4, -0.2) is 29.7 Å². The van der Waals surface area contributed by atoms with E-state index in [1.807, 2.05) is 29.2 Å². The van der Waals surface area contributed by atoms with E-state index in [2.05, 4.69) is 12.2 Å². The normalized spacial score (nSPS) is 26.8. The summed E-state index contributed by atoms with van der Waals surface area (Å²) in [7, 11) is 0. The molecule has 1 amide bonds. The molecule has 1 heterocycles. The molecule has 1 fully saturated rings. The highest BCUT2D eigenvalue weighted by atomic mass is 32.1. The summed E-state index contributed by atoms with van der Waals surface area (Å²) in [4.78, 5) is 13.5. The van der Waals surface area contributed by atoms with Crippen LogP contribution in [0.3, 0.4) is 0 Å². The van der Waals surface area contributed by atoms with Gasteiger partial charge in [-0.1, -0.05) is 31.9 Å². The smallest absolute Gasteiger partial charge is 0.260 e. The maximum absolute atomic E-state index is 11.6. The standard InChI is InChI=1S/C17H23N3O2S/c1-11-6-2-3-7-12(11)19-17(23)20-10-15(16(18)21)22-14-9-5-4-8-13(14)20/h4-5,8-9,11-12,15H,2-3,6-7,10H2,1H3,(H2,18,21)(H,19,23). The van der Waals surface area contributed by atoms with Crippen LogP contribution < -0.4 is 20.7 Å². The molecule has 3 atom stereocenters. The van der Waals surface area contributed by atoms with Crippen molar-refractivity contribution in [1.29, 1.82) is 0 Å². The van der Waals surface area contributed by atoms with Gasteiger partial charge in [-0.2, -0.15) is 0 Å². The van der Waals surface area contributed by atoms with E-state index in [4.69, 9.17) is 22.7 Å². The number of carbonyl (C=O) groups excluding carboxylic acids is 1. The number of primary amides is 1. The summed E-state index contributed by atoms with van der Waals surface area (Å²) >= 11 is 5.63. The topological polar surface area (TPSA) is 67.6 Å². The van der Waals surface area contributed by atoms with Gasteiger partial charge in [-0.25, -0.2) is 0 Å². The summed E-state index contributed by atoms with van der Waals surface area (Å²) in [6.45, 7) is 2.61. The van der Waals surface area contributed by atoms with Gasteiger partial charge >= 0.3 is 0 Å². The van der Waals surface area contributed by atoms with Crippen LogP contribution in [0, 0.1) is 5.92 Å². The van der Waals surface area contributed by atoms with Gasteiger partial charge < -0.3 is 20.7 Å². The molecule has 23 heavy (non-hydrogen) atoms. The van der Waals surface area contributed by atoms with Gasteiger partial charge in [0, 0.05) is 6.04 Å². The van der Waals surface area contributed by atoms with E-state index in [-0.39, 0.29) is 0 Å². The molecule has 0 bridgehead atoms. The number of anilines is 1. The number of para-hydroxylation sites is 2. The molecule has 1 aliphatic carbocycles. The number of benzene rings is 1. The molecular weight excluding hydrogens is 310 g/mol. The van der Waals surface area contributed by atoms with Gasteiger partial charge in [0.25, 0.3) is 5.91 Å². The molecule has 1 aliphatic heterocycles. The number of thiocarbonyl (C=S) groups is 1. The zero-order valence-electron chi connectivity index (χ0n) is 13.3. The van der Waals surface area contributed by atoms with E-state index in [9.17, 15) is 4.79 Å². The number of hydrogen-bond acceptors (Lipinski definition) is 3. The van der Waals surface area contributed by atoms with Crippen LogP contribution in [0.15, 0.2) is 24.3 Å². The summed E-state index contributed by atoms with van der Waals surface area (Å²) in [6, 6.07) is 7.98. The third-order valence-electron chi connectivity index (χ3n) is 4.76. The van der Waals surface area contributed by atoms with Gasteiger partial charge in [0.15, 0.2) is 11.2 Å². The fraction of sp³-hybridized carbons (Fsp3) is 0.529. The van der Waals surface area contributed by atoms with E-state index in [0.29, 0.717) is 29.4 Å². The Labute approximate surface area is 142 Å². The SMILES string of the molecule is CC1CCCCC1NC(=S)N1CC(C(N)=O)Oc2ccccc21. The number of nitrogens with zero attached hydrogens (tertiary/aromatic N) is 1. The number of carbonyl (C=O) groups is 1. The highest BCUT2D eigenvalue weighted by molar-refractivity contribution is 7.80. The molecule has 2 aliphatic rings. The molecule has 0 aromatic heterocycles. The lowest BCUT2D eigenvalue weighted by molar-refractivity contribution is -0.124. The first-order valence-electron chi connectivity index (χ1n) is 8.19. The van der Waals surface area contributed by atoms with Gasteiger partial charge in [-0.15, -0.1) is 0 Å². The Bertz CT molecular complexity index is 607. The van der Waals surface area contributed by atoms with Crippen LogP contribution in [0.4, 0.5) is 5.69 Å². The Balaban J connectivity index is 1.79. The first-order chi connectivity index (χ1) is 11.1. The predicted molar refractivity (Wildman–Crippen MR) is 94.6 cm³/mol. The van der Waals surface area contributed by atoms with Gasteiger partial charge in [-0.3, -0.25) is 4.79 Å². The number of rotatable bonds is 2. The van der Waals surface area contributed by atoms with Crippen molar-refractivity contribution in [2.24, 2.45) is 11.7 Å². The van der Waals surface area contributed by atoms with Crippen molar-refractivity contribution in [1.82, 2.24) is 5.32 Å². The van der Waals surface area contributed by atoms with E-state index in [0.717, 1.165) is 12.1 Å². The van der Waals surface area contributed by atoms with Crippen molar-refractivity contribution in [3.05, 3.63) is 24.3 Å². The predicted octanol–water partition coefficient (Wildman–Crippen LogP) is 2.19. The lowest BCUT2D eigenvalue weighted by Crippen LogP contribution is -2.54. The van der Waals surface area contributed by atoms with Crippen molar-refractivity contribution < 1.29 is 9.53 Å². The molecule has 0 spiro atoms. The molecular formula is C17H23N3O2S. The third kappa shape index (κ3) is 3.42. The quantitative estimate of drug-likeness (QED) is 0.812. The average molecular weight is 333 g/mol. The fourth-order valence-corrected chi connectivity index (χ4v) is 3.67. The lowest BCUT2D eigenvalue weighted by Gasteiger charge is -2.38. The first kappa shape index (κ1) is 16.1. The number of hydrogen-bond donors (Lipinski definition) is 2. The van der Waals surface area contributed by atoms with Gasteiger partial charge in [0.2, 0.25) is 0 Å². The summed E-state index contributed by atoms with van der Waals surface area (Å²) < 4.78 is 5.68. The van der Waals surface area contributed by atoms with Crippen LogP contribution in [0.2, 0.25) is 0 Å². The van der Waals surface area contributed by atoms with E-state index < -0.39 is 12.0 Å². The maximum Gasteiger partial charge on any atom is 0.260 e. The van der Waals surface area contributed by atoms with Crippen molar-refractivity contribution >= 4 is 28.9 Å². The minimum atomic E-state index is -0.687. The summed E-state index contributed by atoms with van der Waals surface area (Å²) in [5.74, 6) is 0.770. The van der Waals surface area contributed by atoms with Crippen LogP contribution >= 0.6 is 12.2 Å². The second-order valence-corrected chi connectivity index (χ2v) is 6.79. The first-order valence-corrected chi connectivity index (χ1v) is 8.60. The Morgan fingerprint density at radius 2 is 2.09 bits per heavy atom. The van der Waals surface area contributed by atoms with Crippen molar-refractivity contribution in [3.63, 3.8) is 0 Å². The van der Waals surface area contributed by atoms with Crippen molar-refractivity contribution in [2.75, 3.05) is 11.4 Å². The second kappa shape index (κ2) is 6.74. The molecule has 1 aromatic rings. The monoisotopic (exact) mass is 333 g/mol. The van der Waals surface area contributed by atoms with E-state index in [1.165, 1.54) is 19.3 Å². The molecule has 6 heteroatoms. The molecule has 5 nitrogen and oxygen atoms in total. The largest absolute Gasteiger partial charge is 0.477 e. The number of amides is 1. The van der Waals surface area contributed by atoms with E-state index in [1.54, 1.807) is 0 Å². The minimum absolute atomic E-state index is 0.347. The zero-order valence-corrected chi connectivity index (χ0v) is 14.1. The van der Waals surface area contributed by atoms with Crippen LogP contribution in [-0.2, 0) is 4.79 Å². The maximum atomic E-state index is 11.6. The number of nitrogens with two attached hydrogens (primary N) is 1. The van der Waals surface area contributed by atoms with Crippen molar-refractivity contribution in [3.8, 4) is 5.75 Å². The fourth-order valence-electron chi connectivity index (χ4n) is 3.34. The highest BCUT2D eigenvalue weighted by Crippen LogP contribution is 2.33. The Hall–Kier alpha value is -1.82. The summed E-state index contributed by atoms with van der Waals surface area (Å²) in [5.41, 5.74) is 6.32. The number of fused-ring (bicyclic) bond motifs is 1. The Morgan fingerprint density at radius 1 is 1.35 bits per heavy atom. The van der Waals surface area contributed by atoms with Gasteiger partial charge in [0.05, 0.1) is 12.2 Å². The molecule has 3 unspecified atom stereocenters. The van der Waals surface area contributed by atoms with Crippen LogP contribution in [0.25, 0.3) is 0 Å². The van der Waals surface area contributed by atoms with Gasteiger partial charge in [0.1, 0.15) is 5.75 Å². The molecule has 0 saturated heterocycles. The lowest BCUT2D eigenvalue weighted by atomic mass is 9.86.